The van der Waals surface area contributed by atoms with Crippen molar-refractivity contribution in [1.29, 1.82) is 0 Å². The highest BCUT2D eigenvalue weighted by molar-refractivity contribution is 7.13. The fourth-order valence-corrected chi connectivity index (χ4v) is 3.96. The maximum Gasteiger partial charge on any atom is 0.123 e. The SMILES string of the molecule is Fc1ccc(N2CCN(Cc3csc(-c4ccccc4)n3)CC2)cc1. The Morgan fingerprint density at radius 2 is 1.64 bits per heavy atom. The molecule has 5 heteroatoms. The van der Waals surface area contributed by atoms with Crippen LogP contribution in [0.1, 0.15) is 5.69 Å². The Kier molecular flexibility index (Phi) is 4.76. The third-order valence-corrected chi connectivity index (χ3v) is 5.46. The molecule has 128 valence electrons. The first-order valence-electron chi connectivity index (χ1n) is 8.51. The predicted molar refractivity (Wildman–Crippen MR) is 101 cm³/mol. The molecule has 0 bridgehead atoms. The van der Waals surface area contributed by atoms with Crippen LogP contribution in [0.15, 0.2) is 60.0 Å². The normalized spacial score (nSPS) is 15.5. The topological polar surface area (TPSA) is 19.4 Å². The average molecular weight is 353 g/mol. The Morgan fingerprint density at radius 1 is 0.920 bits per heavy atom. The highest BCUT2D eigenvalue weighted by Crippen LogP contribution is 2.24. The van der Waals surface area contributed by atoms with Gasteiger partial charge in [-0.2, -0.15) is 0 Å². The van der Waals surface area contributed by atoms with Gasteiger partial charge in [0.2, 0.25) is 0 Å². The Hall–Kier alpha value is -2.24. The van der Waals surface area contributed by atoms with Crippen molar-refractivity contribution >= 4 is 17.0 Å². The molecule has 0 saturated carbocycles. The van der Waals surface area contributed by atoms with E-state index < -0.39 is 0 Å². The molecule has 1 aromatic heterocycles. The summed E-state index contributed by atoms with van der Waals surface area (Å²) in [6.07, 6.45) is 0. The number of anilines is 1. The van der Waals surface area contributed by atoms with Crippen molar-refractivity contribution in [2.24, 2.45) is 0 Å². The van der Waals surface area contributed by atoms with Crippen molar-refractivity contribution in [3.63, 3.8) is 0 Å². The van der Waals surface area contributed by atoms with Crippen LogP contribution in [0.5, 0.6) is 0 Å². The van der Waals surface area contributed by atoms with E-state index in [2.05, 4.69) is 27.3 Å². The number of hydrogen-bond acceptors (Lipinski definition) is 4. The molecule has 1 saturated heterocycles. The summed E-state index contributed by atoms with van der Waals surface area (Å²) in [6.45, 7) is 4.80. The van der Waals surface area contributed by atoms with Gasteiger partial charge in [-0.3, -0.25) is 4.90 Å². The molecule has 0 spiro atoms. The largest absolute Gasteiger partial charge is 0.369 e. The minimum Gasteiger partial charge on any atom is -0.369 e. The van der Waals surface area contributed by atoms with Crippen LogP contribution in [-0.2, 0) is 6.54 Å². The third-order valence-electron chi connectivity index (χ3n) is 4.52. The van der Waals surface area contributed by atoms with Gasteiger partial charge in [0.1, 0.15) is 10.8 Å². The summed E-state index contributed by atoms with van der Waals surface area (Å²) >= 11 is 1.71. The van der Waals surface area contributed by atoms with Gasteiger partial charge < -0.3 is 4.90 Å². The van der Waals surface area contributed by atoms with Crippen LogP contribution in [0.2, 0.25) is 0 Å². The van der Waals surface area contributed by atoms with Crippen LogP contribution in [0, 0.1) is 5.82 Å². The molecule has 0 unspecified atom stereocenters. The summed E-state index contributed by atoms with van der Waals surface area (Å²) in [5.74, 6) is -0.180. The molecule has 2 heterocycles. The van der Waals surface area contributed by atoms with Crippen molar-refractivity contribution < 1.29 is 4.39 Å². The van der Waals surface area contributed by atoms with Crippen LogP contribution < -0.4 is 4.90 Å². The van der Waals surface area contributed by atoms with E-state index in [1.54, 1.807) is 11.3 Å². The van der Waals surface area contributed by atoms with Gasteiger partial charge >= 0.3 is 0 Å². The lowest BCUT2D eigenvalue weighted by atomic mass is 10.2. The van der Waals surface area contributed by atoms with Gasteiger partial charge in [-0.05, 0) is 24.3 Å². The Labute approximate surface area is 151 Å². The maximum atomic E-state index is 13.1. The second-order valence-corrected chi connectivity index (χ2v) is 7.11. The number of nitrogens with zero attached hydrogens (tertiary/aromatic N) is 3. The molecule has 2 aromatic carbocycles. The zero-order chi connectivity index (χ0) is 17.1. The van der Waals surface area contributed by atoms with E-state index in [0.29, 0.717) is 0 Å². The van der Waals surface area contributed by atoms with Gasteiger partial charge in [-0.1, -0.05) is 30.3 Å². The van der Waals surface area contributed by atoms with E-state index in [1.807, 2.05) is 30.3 Å². The zero-order valence-electron chi connectivity index (χ0n) is 13.9. The quantitative estimate of drug-likeness (QED) is 0.698. The number of halogens is 1. The van der Waals surface area contributed by atoms with Crippen LogP contribution in [-0.4, -0.2) is 36.1 Å². The summed E-state index contributed by atoms with van der Waals surface area (Å²) in [5, 5.41) is 3.25. The molecule has 0 amide bonds. The zero-order valence-corrected chi connectivity index (χ0v) is 14.8. The highest BCUT2D eigenvalue weighted by atomic mass is 32.1. The van der Waals surface area contributed by atoms with Crippen LogP contribution in [0.25, 0.3) is 10.6 Å². The number of piperazine rings is 1. The van der Waals surface area contributed by atoms with Gasteiger partial charge in [0, 0.05) is 49.4 Å². The van der Waals surface area contributed by atoms with Crippen molar-refractivity contribution in [3.8, 4) is 10.6 Å². The van der Waals surface area contributed by atoms with Crippen molar-refractivity contribution in [1.82, 2.24) is 9.88 Å². The van der Waals surface area contributed by atoms with Crippen LogP contribution in [0.4, 0.5) is 10.1 Å². The lowest BCUT2D eigenvalue weighted by Gasteiger charge is -2.35. The van der Waals surface area contributed by atoms with E-state index in [0.717, 1.165) is 49.1 Å². The number of thiazole rings is 1. The standard InChI is InChI=1S/C20H20FN3S/c21-17-6-8-19(9-7-17)24-12-10-23(11-13-24)14-18-15-25-20(22-18)16-4-2-1-3-5-16/h1-9,15H,10-14H2. The van der Waals surface area contributed by atoms with Crippen LogP contribution in [0.3, 0.4) is 0 Å². The average Bonchev–Trinajstić information content (AvgIpc) is 3.12. The monoisotopic (exact) mass is 353 g/mol. The van der Waals surface area contributed by atoms with Crippen LogP contribution >= 0.6 is 11.3 Å². The minimum absolute atomic E-state index is 0.180. The van der Waals surface area contributed by atoms with Crippen molar-refractivity contribution in [2.75, 3.05) is 31.1 Å². The second-order valence-electron chi connectivity index (χ2n) is 6.25. The highest BCUT2D eigenvalue weighted by Gasteiger charge is 2.18. The molecular formula is C20H20FN3S. The molecule has 3 nitrogen and oxygen atoms in total. The molecule has 1 aliphatic rings. The second kappa shape index (κ2) is 7.33. The molecule has 0 N–H and O–H groups in total. The fraction of sp³-hybridized carbons (Fsp3) is 0.250. The van der Waals surface area contributed by atoms with Gasteiger partial charge in [0.25, 0.3) is 0 Å². The number of benzene rings is 2. The van der Waals surface area contributed by atoms with Crippen molar-refractivity contribution in [2.45, 2.75) is 6.54 Å². The fourth-order valence-electron chi connectivity index (χ4n) is 3.14. The first kappa shape index (κ1) is 16.2. The summed E-state index contributed by atoms with van der Waals surface area (Å²) in [5.41, 5.74) is 3.42. The Morgan fingerprint density at radius 3 is 2.36 bits per heavy atom. The maximum absolute atomic E-state index is 13.1. The molecule has 3 aromatic rings. The van der Waals surface area contributed by atoms with E-state index in [9.17, 15) is 4.39 Å². The Balaban J connectivity index is 1.34. The predicted octanol–water partition coefficient (Wildman–Crippen LogP) is 4.27. The number of rotatable bonds is 4. The van der Waals surface area contributed by atoms with E-state index in [1.165, 1.54) is 17.7 Å². The lowest BCUT2D eigenvalue weighted by molar-refractivity contribution is 0.247. The van der Waals surface area contributed by atoms with E-state index in [4.69, 9.17) is 4.98 Å². The lowest BCUT2D eigenvalue weighted by Crippen LogP contribution is -2.46. The molecule has 4 rings (SSSR count). The summed E-state index contributed by atoms with van der Waals surface area (Å²) in [6, 6.07) is 17.1. The van der Waals surface area contributed by atoms with Gasteiger partial charge in [-0.15, -0.1) is 11.3 Å². The van der Waals surface area contributed by atoms with Gasteiger partial charge in [0.05, 0.1) is 5.69 Å². The van der Waals surface area contributed by atoms with Gasteiger partial charge in [-0.25, -0.2) is 9.37 Å². The molecule has 0 radical (unpaired) electrons. The van der Waals surface area contributed by atoms with E-state index in [-0.39, 0.29) is 5.82 Å². The minimum atomic E-state index is -0.180. The van der Waals surface area contributed by atoms with Crippen molar-refractivity contribution in [3.05, 3.63) is 71.5 Å². The summed E-state index contributed by atoms with van der Waals surface area (Å²) in [7, 11) is 0. The van der Waals surface area contributed by atoms with E-state index >= 15 is 0 Å². The van der Waals surface area contributed by atoms with Gasteiger partial charge in [0.15, 0.2) is 0 Å². The molecule has 1 fully saturated rings. The Bertz CT molecular complexity index is 808. The first-order valence-corrected chi connectivity index (χ1v) is 9.38. The number of aromatic nitrogens is 1. The first-order chi connectivity index (χ1) is 12.3. The number of hydrogen-bond donors (Lipinski definition) is 0. The molecular weight excluding hydrogens is 333 g/mol. The summed E-state index contributed by atoms with van der Waals surface area (Å²) < 4.78 is 13.1. The molecule has 0 aliphatic carbocycles. The summed E-state index contributed by atoms with van der Waals surface area (Å²) in [4.78, 5) is 9.53. The smallest absolute Gasteiger partial charge is 0.123 e. The molecule has 0 atom stereocenters. The molecule has 25 heavy (non-hydrogen) atoms. The molecule has 1 aliphatic heterocycles. The third kappa shape index (κ3) is 3.89.